The van der Waals surface area contributed by atoms with Gasteiger partial charge in [0.05, 0.1) is 16.6 Å². The van der Waals surface area contributed by atoms with Gasteiger partial charge in [-0.3, -0.25) is 4.79 Å². The van der Waals surface area contributed by atoms with Crippen LogP contribution in [-0.2, 0) is 10.4 Å². The Hall–Kier alpha value is -1.67. The van der Waals surface area contributed by atoms with Crippen molar-refractivity contribution in [3.8, 4) is 0 Å². The summed E-state index contributed by atoms with van der Waals surface area (Å²) in [5.41, 5.74) is -2.90. The molecule has 8 heteroatoms. The van der Waals surface area contributed by atoms with Crippen molar-refractivity contribution in [2.24, 2.45) is 5.92 Å². The van der Waals surface area contributed by atoms with E-state index in [2.05, 4.69) is 10.3 Å². The molecule has 0 radical (unpaired) electrons. The van der Waals surface area contributed by atoms with Gasteiger partial charge in [0.2, 0.25) is 11.5 Å². The van der Waals surface area contributed by atoms with Crippen molar-refractivity contribution < 1.29 is 23.1 Å². The van der Waals surface area contributed by atoms with Crippen molar-refractivity contribution in [3.05, 3.63) is 29.3 Å². The highest BCUT2D eigenvalue weighted by molar-refractivity contribution is 7.18. The second kappa shape index (κ2) is 5.76. The van der Waals surface area contributed by atoms with E-state index in [0.717, 1.165) is 24.2 Å². The molecule has 124 valence electrons. The second-order valence-electron chi connectivity index (χ2n) is 5.77. The van der Waals surface area contributed by atoms with Crippen LogP contribution in [-0.4, -0.2) is 28.7 Å². The fraction of sp³-hybridized carbons (Fsp3) is 0.467. The Balaban J connectivity index is 1.87. The molecule has 0 bridgehead atoms. The summed E-state index contributed by atoms with van der Waals surface area (Å²) in [6.45, 7) is 0.354. The van der Waals surface area contributed by atoms with E-state index in [9.17, 15) is 23.1 Å². The lowest BCUT2D eigenvalue weighted by Crippen LogP contribution is -2.46. The number of carbonyl (C=O) groups excluding carboxylic acids is 1. The lowest BCUT2D eigenvalue weighted by molar-refractivity contribution is -0.267. The first kappa shape index (κ1) is 16.2. The van der Waals surface area contributed by atoms with E-state index in [1.165, 1.54) is 0 Å². The number of alkyl halides is 3. The average Bonchev–Trinajstić information content (AvgIpc) is 3.20. The zero-order valence-electron chi connectivity index (χ0n) is 12.1. The number of nitrogens with zero attached hydrogens (tertiary/aromatic N) is 1. The van der Waals surface area contributed by atoms with Gasteiger partial charge in [0, 0.05) is 6.54 Å². The SMILES string of the molecule is O=C(CC(O)(c1nc2ccccc2s1)C(F)(F)F)NCC1CC1. The molecule has 1 amide bonds. The number of benzene rings is 1. The maximum atomic E-state index is 13.4. The van der Waals surface area contributed by atoms with Crippen LogP contribution >= 0.6 is 11.3 Å². The third kappa shape index (κ3) is 3.32. The zero-order valence-corrected chi connectivity index (χ0v) is 12.9. The highest BCUT2D eigenvalue weighted by Crippen LogP contribution is 2.44. The van der Waals surface area contributed by atoms with E-state index in [1.807, 2.05) is 0 Å². The van der Waals surface area contributed by atoms with Crippen LogP contribution in [0.5, 0.6) is 0 Å². The fourth-order valence-corrected chi connectivity index (χ4v) is 3.30. The third-order valence-corrected chi connectivity index (χ3v) is 5.01. The van der Waals surface area contributed by atoms with E-state index in [-0.39, 0.29) is 0 Å². The molecule has 1 saturated carbocycles. The van der Waals surface area contributed by atoms with Gasteiger partial charge in [0.1, 0.15) is 5.01 Å². The van der Waals surface area contributed by atoms with Gasteiger partial charge in [-0.1, -0.05) is 12.1 Å². The van der Waals surface area contributed by atoms with Gasteiger partial charge >= 0.3 is 6.18 Å². The van der Waals surface area contributed by atoms with Crippen molar-refractivity contribution in [3.63, 3.8) is 0 Å². The predicted octanol–water partition coefficient (Wildman–Crippen LogP) is 2.96. The lowest BCUT2D eigenvalue weighted by Gasteiger charge is -2.27. The van der Waals surface area contributed by atoms with E-state index in [4.69, 9.17) is 0 Å². The summed E-state index contributed by atoms with van der Waals surface area (Å²) in [6.07, 6.45) is -4.12. The Bertz CT molecular complexity index is 694. The zero-order chi connectivity index (χ0) is 16.7. The molecule has 1 aromatic heterocycles. The minimum absolute atomic E-state index is 0.348. The van der Waals surface area contributed by atoms with Gasteiger partial charge in [-0.2, -0.15) is 13.2 Å². The first-order valence-corrected chi connectivity index (χ1v) is 8.03. The van der Waals surface area contributed by atoms with E-state index in [1.54, 1.807) is 24.3 Å². The quantitative estimate of drug-likeness (QED) is 0.877. The van der Waals surface area contributed by atoms with Gasteiger partial charge in [-0.15, -0.1) is 11.3 Å². The van der Waals surface area contributed by atoms with Crippen LogP contribution in [0.25, 0.3) is 10.2 Å². The van der Waals surface area contributed by atoms with Crippen LogP contribution < -0.4 is 5.32 Å². The number of fused-ring (bicyclic) bond motifs is 1. The molecular weight excluding hydrogens is 329 g/mol. The summed E-state index contributed by atoms with van der Waals surface area (Å²) in [5, 5.41) is 12.2. The number of amides is 1. The summed E-state index contributed by atoms with van der Waals surface area (Å²) in [5.74, 6) is -0.476. The molecule has 1 heterocycles. The standard InChI is InChI=1S/C15H15F3N2O2S/c16-15(17,18)14(22,7-12(21)19-8-9-5-6-9)13-20-10-3-1-2-4-11(10)23-13/h1-4,9,22H,5-8H2,(H,19,21). The lowest BCUT2D eigenvalue weighted by atomic mass is 9.99. The van der Waals surface area contributed by atoms with Gasteiger partial charge in [-0.25, -0.2) is 4.98 Å². The molecule has 0 saturated heterocycles. The Kier molecular flexibility index (Phi) is 4.05. The van der Waals surface area contributed by atoms with Crippen LogP contribution in [0.3, 0.4) is 0 Å². The Labute approximate surface area is 134 Å². The molecule has 4 nitrogen and oxygen atoms in total. The summed E-state index contributed by atoms with van der Waals surface area (Å²) in [6, 6.07) is 6.53. The summed E-state index contributed by atoms with van der Waals surface area (Å²) in [4.78, 5) is 15.7. The van der Waals surface area contributed by atoms with Crippen LogP contribution in [0.15, 0.2) is 24.3 Å². The van der Waals surface area contributed by atoms with Gasteiger partial charge < -0.3 is 10.4 Å². The molecule has 1 fully saturated rings. The minimum atomic E-state index is -4.99. The summed E-state index contributed by atoms with van der Waals surface area (Å²) >= 11 is 0.749. The fourth-order valence-electron chi connectivity index (χ4n) is 2.22. The normalized spacial score (nSPS) is 17.9. The highest BCUT2D eigenvalue weighted by Gasteiger charge is 2.58. The molecule has 3 rings (SSSR count). The van der Waals surface area contributed by atoms with E-state index < -0.39 is 29.1 Å². The molecule has 1 aliphatic carbocycles. The summed E-state index contributed by atoms with van der Waals surface area (Å²) < 4.78 is 40.8. The van der Waals surface area contributed by atoms with Crippen LogP contribution in [0.2, 0.25) is 0 Å². The smallest absolute Gasteiger partial charge is 0.374 e. The van der Waals surface area contributed by atoms with Crippen molar-refractivity contribution in [1.29, 1.82) is 0 Å². The molecule has 1 aromatic carbocycles. The van der Waals surface area contributed by atoms with Crippen LogP contribution in [0, 0.1) is 5.92 Å². The topological polar surface area (TPSA) is 62.2 Å². The largest absolute Gasteiger partial charge is 0.424 e. The number of aliphatic hydroxyl groups is 1. The van der Waals surface area contributed by atoms with Crippen molar-refractivity contribution >= 4 is 27.5 Å². The molecule has 1 unspecified atom stereocenters. The maximum Gasteiger partial charge on any atom is 0.424 e. The van der Waals surface area contributed by atoms with Crippen LogP contribution in [0.1, 0.15) is 24.3 Å². The number of halogens is 3. The number of carbonyl (C=O) groups is 1. The molecule has 23 heavy (non-hydrogen) atoms. The van der Waals surface area contributed by atoms with Gasteiger partial charge in [0.15, 0.2) is 0 Å². The number of hydrogen-bond donors (Lipinski definition) is 2. The third-order valence-electron chi connectivity index (χ3n) is 3.82. The predicted molar refractivity (Wildman–Crippen MR) is 79.9 cm³/mol. The molecule has 0 spiro atoms. The molecule has 1 atom stereocenters. The first-order valence-electron chi connectivity index (χ1n) is 7.21. The Morgan fingerprint density at radius 2 is 2.04 bits per heavy atom. The number of nitrogens with one attached hydrogen (secondary N) is 1. The minimum Gasteiger partial charge on any atom is -0.374 e. The second-order valence-corrected chi connectivity index (χ2v) is 6.80. The van der Waals surface area contributed by atoms with Crippen molar-refractivity contribution in [2.75, 3.05) is 6.54 Å². The number of hydrogen-bond acceptors (Lipinski definition) is 4. The number of para-hydroxylation sites is 1. The Morgan fingerprint density at radius 3 is 2.65 bits per heavy atom. The molecular formula is C15H15F3N2O2S. The average molecular weight is 344 g/mol. The Morgan fingerprint density at radius 1 is 1.35 bits per heavy atom. The van der Waals surface area contributed by atoms with Crippen LogP contribution in [0.4, 0.5) is 13.2 Å². The van der Waals surface area contributed by atoms with Crippen molar-refractivity contribution in [2.45, 2.75) is 31.0 Å². The monoisotopic (exact) mass is 344 g/mol. The van der Waals surface area contributed by atoms with Gasteiger partial charge in [0.25, 0.3) is 0 Å². The number of rotatable bonds is 5. The van der Waals surface area contributed by atoms with Crippen molar-refractivity contribution in [1.82, 2.24) is 10.3 Å². The van der Waals surface area contributed by atoms with Gasteiger partial charge in [-0.05, 0) is 30.9 Å². The molecule has 2 aromatic rings. The maximum absolute atomic E-state index is 13.4. The molecule has 1 aliphatic rings. The van der Waals surface area contributed by atoms with E-state index in [0.29, 0.717) is 22.7 Å². The summed E-state index contributed by atoms with van der Waals surface area (Å²) in [7, 11) is 0. The first-order chi connectivity index (χ1) is 10.8. The van der Waals surface area contributed by atoms with E-state index >= 15 is 0 Å². The molecule has 0 aliphatic heterocycles. The highest BCUT2D eigenvalue weighted by atomic mass is 32.1. The molecule has 2 N–H and O–H groups in total. The number of aromatic nitrogens is 1. The number of thiazole rings is 1.